The van der Waals surface area contributed by atoms with Crippen molar-refractivity contribution < 1.29 is 9.59 Å². The van der Waals surface area contributed by atoms with Crippen LogP contribution in [0.1, 0.15) is 35.2 Å². The Hall–Kier alpha value is -2.21. The van der Waals surface area contributed by atoms with Gasteiger partial charge in [0.1, 0.15) is 0 Å². The molecular formula is C17H19N3O2S. The molecule has 0 atom stereocenters. The molecule has 0 spiro atoms. The van der Waals surface area contributed by atoms with Crippen LogP contribution in [0.5, 0.6) is 0 Å². The van der Waals surface area contributed by atoms with Gasteiger partial charge in [0.15, 0.2) is 0 Å². The first kappa shape index (κ1) is 15.7. The van der Waals surface area contributed by atoms with Gasteiger partial charge >= 0.3 is 0 Å². The number of aromatic nitrogens is 1. The third kappa shape index (κ3) is 4.39. The minimum atomic E-state index is -0.119. The summed E-state index contributed by atoms with van der Waals surface area (Å²) >= 11 is 1.48. The lowest BCUT2D eigenvalue weighted by Gasteiger charge is -2.22. The Morgan fingerprint density at radius 1 is 1.26 bits per heavy atom. The molecular weight excluding hydrogens is 310 g/mol. The zero-order valence-corrected chi connectivity index (χ0v) is 13.6. The van der Waals surface area contributed by atoms with Crippen LogP contribution in [-0.4, -0.2) is 34.3 Å². The Morgan fingerprint density at radius 3 is 2.70 bits per heavy atom. The highest BCUT2D eigenvalue weighted by molar-refractivity contribution is 7.08. The number of carbonyl (C=O) groups is 2. The SMILES string of the molecule is O=C(NCCC(=O)N(Cc1ccncc1)C1CC1)c1ccsc1. The van der Waals surface area contributed by atoms with Crippen LogP contribution in [0.15, 0.2) is 41.4 Å². The smallest absolute Gasteiger partial charge is 0.252 e. The fraction of sp³-hybridized carbons (Fsp3) is 0.353. The molecule has 1 aliphatic carbocycles. The number of hydrogen-bond donors (Lipinski definition) is 1. The first-order valence-electron chi connectivity index (χ1n) is 7.73. The van der Waals surface area contributed by atoms with E-state index in [0.717, 1.165) is 18.4 Å². The molecule has 2 aromatic heterocycles. The molecule has 2 heterocycles. The maximum absolute atomic E-state index is 12.5. The summed E-state index contributed by atoms with van der Waals surface area (Å²) in [5, 5.41) is 6.47. The second-order valence-electron chi connectivity index (χ2n) is 5.63. The van der Waals surface area contributed by atoms with Crippen LogP contribution in [0.4, 0.5) is 0 Å². The molecule has 1 saturated carbocycles. The van der Waals surface area contributed by atoms with Crippen molar-refractivity contribution in [3.05, 3.63) is 52.5 Å². The Labute approximate surface area is 139 Å². The molecule has 1 fully saturated rings. The van der Waals surface area contributed by atoms with Gasteiger partial charge in [0, 0.05) is 48.9 Å². The monoisotopic (exact) mass is 329 g/mol. The number of thiophene rings is 1. The van der Waals surface area contributed by atoms with Gasteiger partial charge in [-0.2, -0.15) is 11.3 Å². The Morgan fingerprint density at radius 2 is 2.04 bits per heavy atom. The average Bonchev–Trinajstić information content (AvgIpc) is 3.26. The normalized spacial score (nSPS) is 13.6. The van der Waals surface area contributed by atoms with E-state index in [1.165, 1.54) is 11.3 Å². The van der Waals surface area contributed by atoms with Gasteiger partial charge in [-0.3, -0.25) is 14.6 Å². The minimum absolute atomic E-state index is 0.0925. The molecule has 0 saturated heterocycles. The second kappa shape index (κ2) is 7.37. The lowest BCUT2D eigenvalue weighted by Crippen LogP contribution is -2.35. The standard InChI is InChI=1S/C17H19N3O2S/c21-16(5-9-19-17(22)14-6-10-23-12-14)20(15-1-2-15)11-13-3-7-18-8-4-13/h3-4,6-8,10,12,15H,1-2,5,9,11H2,(H,19,22). The third-order valence-electron chi connectivity index (χ3n) is 3.82. The predicted molar refractivity (Wildman–Crippen MR) is 89.1 cm³/mol. The molecule has 1 aliphatic rings. The van der Waals surface area contributed by atoms with Crippen molar-refractivity contribution in [3.63, 3.8) is 0 Å². The lowest BCUT2D eigenvalue weighted by molar-refractivity contribution is -0.132. The Bertz CT molecular complexity index is 654. The Balaban J connectivity index is 1.50. The van der Waals surface area contributed by atoms with Crippen LogP contribution in [0, 0.1) is 0 Å². The van der Waals surface area contributed by atoms with Crippen molar-refractivity contribution >= 4 is 23.2 Å². The van der Waals surface area contributed by atoms with Crippen molar-refractivity contribution in [2.45, 2.75) is 31.8 Å². The fourth-order valence-electron chi connectivity index (χ4n) is 2.41. The highest BCUT2D eigenvalue weighted by Crippen LogP contribution is 2.28. The number of amides is 2. The van der Waals surface area contributed by atoms with Crippen LogP contribution >= 0.6 is 11.3 Å². The first-order valence-corrected chi connectivity index (χ1v) is 8.67. The van der Waals surface area contributed by atoms with Crippen LogP contribution in [0.2, 0.25) is 0 Å². The highest BCUT2D eigenvalue weighted by Gasteiger charge is 2.32. The third-order valence-corrected chi connectivity index (χ3v) is 4.50. The highest BCUT2D eigenvalue weighted by atomic mass is 32.1. The number of nitrogens with zero attached hydrogens (tertiary/aromatic N) is 2. The summed E-state index contributed by atoms with van der Waals surface area (Å²) in [6.45, 7) is 0.984. The van der Waals surface area contributed by atoms with E-state index in [9.17, 15) is 9.59 Å². The molecule has 1 N–H and O–H groups in total. The van der Waals surface area contributed by atoms with Gasteiger partial charge in [-0.1, -0.05) is 0 Å². The quantitative estimate of drug-likeness (QED) is 0.849. The van der Waals surface area contributed by atoms with Gasteiger partial charge in [0.2, 0.25) is 5.91 Å². The Kier molecular flexibility index (Phi) is 5.02. The molecule has 0 aromatic carbocycles. The molecule has 3 rings (SSSR count). The van der Waals surface area contributed by atoms with Crippen LogP contribution in [-0.2, 0) is 11.3 Å². The summed E-state index contributed by atoms with van der Waals surface area (Å²) in [6.07, 6.45) is 5.95. The van der Waals surface area contributed by atoms with Crippen LogP contribution in [0.3, 0.4) is 0 Å². The summed E-state index contributed by atoms with van der Waals surface area (Å²) in [4.78, 5) is 30.2. The van der Waals surface area contributed by atoms with E-state index in [4.69, 9.17) is 0 Å². The summed E-state index contributed by atoms with van der Waals surface area (Å²) in [5.74, 6) is -0.0268. The first-order chi connectivity index (χ1) is 11.2. The van der Waals surface area contributed by atoms with E-state index in [1.807, 2.05) is 22.4 Å². The number of pyridine rings is 1. The minimum Gasteiger partial charge on any atom is -0.351 e. The van der Waals surface area contributed by atoms with Crippen molar-refractivity contribution in [3.8, 4) is 0 Å². The molecule has 0 radical (unpaired) electrons. The van der Waals surface area contributed by atoms with E-state index in [-0.39, 0.29) is 11.8 Å². The summed E-state index contributed by atoms with van der Waals surface area (Å²) < 4.78 is 0. The molecule has 0 aliphatic heterocycles. The van der Waals surface area contributed by atoms with Gasteiger partial charge in [-0.15, -0.1) is 0 Å². The van der Waals surface area contributed by atoms with Crippen molar-refractivity contribution in [2.24, 2.45) is 0 Å². The number of nitrogens with one attached hydrogen (secondary N) is 1. The molecule has 0 unspecified atom stereocenters. The van der Waals surface area contributed by atoms with Gasteiger partial charge in [-0.05, 0) is 42.0 Å². The molecule has 0 bridgehead atoms. The maximum atomic E-state index is 12.5. The molecule has 5 nitrogen and oxygen atoms in total. The van der Waals surface area contributed by atoms with Gasteiger partial charge in [-0.25, -0.2) is 0 Å². The van der Waals surface area contributed by atoms with E-state index in [1.54, 1.807) is 23.8 Å². The molecule has 120 valence electrons. The van der Waals surface area contributed by atoms with E-state index in [0.29, 0.717) is 31.1 Å². The van der Waals surface area contributed by atoms with Crippen LogP contribution in [0.25, 0.3) is 0 Å². The number of hydrogen-bond acceptors (Lipinski definition) is 4. The van der Waals surface area contributed by atoms with Crippen molar-refractivity contribution in [2.75, 3.05) is 6.54 Å². The lowest BCUT2D eigenvalue weighted by atomic mass is 10.2. The zero-order chi connectivity index (χ0) is 16.1. The van der Waals surface area contributed by atoms with Crippen molar-refractivity contribution in [1.82, 2.24) is 15.2 Å². The van der Waals surface area contributed by atoms with E-state index >= 15 is 0 Å². The molecule has 6 heteroatoms. The summed E-state index contributed by atoms with van der Waals surface area (Å²) in [7, 11) is 0. The average molecular weight is 329 g/mol. The summed E-state index contributed by atoms with van der Waals surface area (Å²) in [5.41, 5.74) is 1.74. The molecule has 23 heavy (non-hydrogen) atoms. The zero-order valence-electron chi connectivity index (χ0n) is 12.8. The number of rotatable bonds is 7. The molecule has 2 amide bonds. The van der Waals surface area contributed by atoms with Gasteiger partial charge in [0.25, 0.3) is 5.91 Å². The predicted octanol–water partition coefficient (Wildman–Crippen LogP) is 2.45. The number of carbonyl (C=O) groups excluding carboxylic acids is 2. The summed E-state index contributed by atoms with van der Waals surface area (Å²) in [6, 6.07) is 5.99. The topological polar surface area (TPSA) is 62.3 Å². The van der Waals surface area contributed by atoms with Crippen LogP contribution < -0.4 is 5.32 Å². The van der Waals surface area contributed by atoms with Crippen molar-refractivity contribution in [1.29, 1.82) is 0 Å². The molecule has 2 aromatic rings. The fourth-order valence-corrected chi connectivity index (χ4v) is 3.05. The van der Waals surface area contributed by atoms with Gasteiger partial charge < -0.3 is 10.2 Å². The second-order valence-corrected chi connectivity index (χ2v) is 6.41. The van der Waals surface area contributed by atoms with E-state index in [2.05, 4.69) is 10.3 Å². The van der Waals surface area contributed by atoms with E-state index < -0.39 is 0 Å². The largest absolute Gasteiger partial charge is 0.351 e. The van der Waals surface area contributed by atoms with Gasteiger partial charge in [0.05, 0.1) is 0 Å². The maximum Gasteiger partial charge on any atom is 0.252 e.